The molecule has 6 nitrogen and oxygen atoms in total. The van der Waals surface area contributed by atoms with E-state index in [1.807, 2.05) is 5.01 Å². The van der Waals surface area contributed by atoms with Gasteiger partial charge in [0.1, 0.15) is 6.04 Å². The van der Waals surface area contributed by atoms with Gasteiger partial charge in [-0.05, 0) is 0 Å². The van der Waals surface area contributed by atoms with Gasteiger partial charge in [0.25, 0.3) is 0 Å². The summed E-state index contributed by atoms with van der Waals surface area (Å²) in [5, 5.41) is 4.68. The number of nitrogens with one attached hydrogen (secondary N) is 2. The van der Waals surface area contributed by atoms with Crippen molar-refractivity contribution in [2.45, 2.75) is 25.0 Å². The quantitative estimate of drug-likeness (QED) is 0.507. The molecule has 2 saturated heterocycles. The summed E-state index contributed by atoms with van der Waals surface area (Å²) >= 11 is 0. The van der Waals surface area contributed by atoms with Crippen molar-refractivity contribution in [1.82, 2.24) is 15.8 Å². The Morgan fingerprint density at radius 2 is 2.43 bits per heavy atom. The first kappa shape index (κ1) is 9.42. The number of carbonyl (C=O) groups is 2. The van der Waals surface area contributed by atoms with E-state index < -0.39 is 0 Å². The van der Waals surface area contributed by atoms with Crippen LogP contribution in [0.2, 0.25) is 0 Å². The van der Waals surface area contributed by atoms with Crippen molar-refractivity contribution in [1.29, 1.82) is 0 Å². The van der Waals surface area contributed by atoms with Crippen LogP contribution in [-0.2, 0) is 14.3 Å². The molecule has 14 heavy (non-hydrogen) atoms. The maximum atomic E-state index is 11.2. The van der Waals surface area contributed by atoms with Crippen LogP contribution in [0.25, 0.3) is 0 Å². The van der Waals surface area contributed by atoms with E-state index >= 15 is 0 Å². The lowest BCUT2D eigenvalue weighted by molar-refractivity contribution is -0.143. The van der Waals surface area contributed by atoms with Gasteiger partial charge in [-0.1, -0.05) is 0 Å². The number of fused-ring (bicyclic) bond motifs is 1. The first-order valence-corrected chi connectivity index (χ1v) is 4.60. The Bertz CT molecular complexity index is 269. The summed E-state index contributed by atoms with van der Waals surface area (Å²) < 4.78 is 4.63. The Hall–Kier alpha value is -1.14. The molecule has 2 fully saturated rings. The highest BCUT2D eigenvalue weighted by atomic mass is 16.5. The molecule has 2 aliphatic heterocycles. The molecule has 0 aromatic rings. The molecule has 0 aromatic carbocycles. The predicted octanol–water partition coefficient (Wildman–Crippen LogP) is -1.42. The molecule has 0 aromatic heterocycles. The Balaban J connectivity index is 1.98. The molecule has 0 saturated carbocycles. The number of rotatable bonds is 1. The Kier molecular flexibility index (Phi) is 2.39. The van der Waals surface area contributed by atoms with Gasteiger partial charge in [0.2, 0.25) is 5.91 Å². The first-order chi connectivity index (χ1) is 6.70. The Labute approximate surface area is 81.5 Å². The van der Waals surface area contributed by atoms with Crippen LogP contribution < -0.4 is 10.7 Å². The van der Waals surface area contributed by atoms with Crippen molar-refractivity contribution in [3.05, 3.63) is 0 Å². The van der Waals surface area contributed by atoms with Crippen molar-refractivity contribution in [3.63, 3.8) is 0 Å². The van der Waals surface area contributed by atoms with Gasteiger partial charge in [0.05, 0.1) is 13.3 Å². The van der Waals surface area contributed by atoms with Crippen LogP contribution in [0.1, 0.15) is 12.8 Å². The summed E-state index contributed by atoms with van der Waals surface area (Å²) in [5.41, 5.74) is 3.01. The number of methoxy groups -OCH3 is 1. The second-order valence-electron chi connectivity index (χ2n) is 3.47. The standard InChI is InChI=1S/C8H13N3O3/c1-14-8(13)5-4-6-9-7(12)2-3-11(6)10-5/h5-6,10H,2-4H2,1H3,(H,9,12). The summed E-state index contributed by atoms with van der Waals surface area (Å²) in [6.07, 6.45) is 0.968. The molecule has 0 aliphatic carbocycles. The molecule has 0 radical (unpaired) electrons. The number of amides is 1. The zero-order chi connectivity index (χ0) is 10.1. The third-order valence-corrected chi connectivity index (χ3v) is 2.55. The molecular formula is C8H13N3O3. The van der Waals surface area contributed by atoms with Crippen LogP contribution in [0.4, 0.5) is 0 Å². The summed E-state index contributed by atoms with van der Waals surface area (Å²) in [7, 11) is 1.36. The predicted molar refractivity (Wildman–Crippen MR) is 46.8 cm³/mol. The van der Waals surface area contributed by atoms with Gasteiger partial charge in [0.15, 0.2) is 0 Å². The summed E-state index contributed by atoms with van der Waals surface area (Å²) in [5.74, 6) is -0.243. The molecule has 2 unspecified atom stereocenters. The van der Waals surface area contributed by atoms with Gasteiger partial charge in [-0.3, -0.25) is 9.59 Å². The first-order valence-electron chi connectivity index (χ1n) is 4.60. The van der Waals surface area contributed by atoms with Gasteiger partial charge in [-0.25, -0.2) is 10.4 Å². The number of esters is 1. The number of hydrogen-bond acceptors (Lipinski definition) is 5. The Morgan fingerprint density at radius 3 is 3.14 bits per heavy atom. The van der Waals surface area contributed by atoms with Gasteiger partial charge < -0.3 is 10.1 Å². The molecule has 6 heteroatoms. The normalized spacial score (nSPS) is 32.2. The van der Waals surface area contributed by atoms with E-state index in [2.05, 4.69) is 15.5 Å². The minimum Gasteiger partial charge on any atom is -0.468 e. The van der Waals surface area contributed by atoms with Crippen molar-refractivity contribution < 1.29 is 14.3 Å². The Morgan fingerprint density at radius 1 is 1.64 bits per heavy atom. The summed E-state index contributed by atoms with van der Waals surface area (Å²) in [4.78, 5) is 22.3. The monoisotopic (exact) mass is 199 g/mol. The second-order valence-corrected chi connectivity index (χ2v) is 3.47. The molecule has 1 amide bonds. The SMILES string of the molecule is COC(=O)C1CC2NC(=O)CCN2N1. The number of ether oxygens (including phenoxy) is 1. The van der Waals surface area contributed by atoms with Crippen LogP contribution in [0.15, 0.2) is 0 Å². The molecular weight excluding hydrogens is 186 g/mol. The van der Waals surface area contributed by atoms with Crippen LogP contribution in [0.3, 0.4) is 0 Å². The fourth-order valence-corrected chi connectivity index (χ4v) is 1.82. The fraction of sp³-hybridized carbons (Fsp3) is 0.750. The highest BCUT2D eigenvalue weighted by Gasteiger charge is 2.39. The van der Waals surface area contributed by atoms with Crippen molar-refractivity contribution >= 4 is 11.9 Å². The van der Waals surface area contributed by atoms with Gasteiger partial charge in [0, 0.05) is 19.4 Å². The third kappa shape index (κ3) is 1.58. The van der Waals surface area contributed by atoms with E-state index in [1.54, 1.807) is 0 Å². The van der Waals surface area contributed by atoms with Crippen LogP contribution in [0, 0.1) is 0 Å². The number of nitrogens with zero attached hydrogens (tertiary/aromatic N) is 1. The van der Waals surface area contributed by atoms with Crippen molar-refractivity contribution in [2.75, 3.05) is 13.7 Å². The van der Waals surface area contributed by atoms with Crippen molar-refractivity contribution in [2.24, 2.45) is 0 Å². The van der Waals surface area contributed by atoms with E-state index in [1.165, 1.54) is 7.11 Å². The summed E-state index contributed by atoms with van der Waals surface area (Å²) in [6, 6.07) is -0.330. The third-order valence-electron chi connectivity index (χ3n) is 2.55. The average molecular weight is 199 g/mol. The average Bonchev–Trinajstić information content (AvgIpc) is 2.59. The van der Waals surface area contributed by atoms with E-state index in [0.29, 0.717) is 19.4 Å². The van der Waals surface area contributed by atoms with Gasteiger partial charge in [-0.15, -0.1) is 0 Å². The van der Waals surface area contributed by atoms with Crippen LogP contribution >= 0.6 is 0 Å². The molecule has 2 atom stereocenters. The lowest BCUT2D eigenvalue weighted by Gasteiger charge is -2.28. The van der Waals surface area contributed by atoms with Gasteiger partial charge in [-0.2, -0.15) is 0 Å². The molecule has 0 spiro atoms. The van der Waals surface area contributed by atoms with E-state index in [0.717, 1.165) is 0 Å². The minimum absolute atomic E-state index is 0.0403. The minimum atomic E-state index is -0.330. The maximum absolute atomic E-state index is 11.2. The van der Waals surface area contributed by atoms with Crippen LogP contribution in [-0.4, -0.2) is 42.7 Å². The molecule has 0 bridgehead atoms. The molecule has 2 N–H and O–H groups in total. The van der Waals surface area contributed by atoms with Gasteiger partial charge >= 0.3 is 5.97 Å². The van der Waals surface area contributed by atoms with Crippen molar-refractivity contribution in [3.8, 4) is 0 Å². The van der Waals surface area contributed by atoms with Crippen LogP contribution in [0.5, 0.6) is 0 Å². The highest BCUT2D eigenvalue weighted by Crippen LogP contribution is 2.16. The topological polar surface area (TPSA) is 70.7 Å². The molecule has 2 heterocycles. The molecule has 2 rings (SSSR count). The number of carbonyl (C=O) groups excluding carboxylic acids is 2. The zero-order valence-corrected chi connectivity index (χ0v) is 7.95. The lowest BCUT2D eigenvalue weighted by atomic mass is 10.2. The molecule has 78 valence electrons. The molecule has 2 aliphatic rings. The zero-order valence-electron chi connectivity index (χ0n) is 7.95. The summed E-state index contributed by atoms with van der Waals surface area (Å²) in [6.45, 7) is 0.643. The smallest absolute Gasteiger partial charge is 0.324 e. The largest absolute Gasteiger partial charge is 0.468 e. The van der Waals surface area contributed by atoms with E-state index in [9.17, 15) is 9.59 Å². The second kappa shape index (κ2) is 3.55. The maximum Gasteiger partial charge on any atom is 0.324 e. The lowest BCUT2D eigenvalue weighted by Crippen LogP contribution is -2.53. The number of hydrazine groups is 1. The van der Waals surface area contributed by atoms with E-state index in [4.69, 9.17) is 0 Å². The van der Waals surface area contributed by atoms with E-state index in [-0.39, 0.29) is 24.1 Å². The highest BCUT2D eigenvalue weighted by molar-refractivity contribution is 5.79. The fourth-order valence-electron chi connectivity index (χ4n) is 1.82. The number of hydrogen-bond donors (Lipinski definition) is 2.